The zero-order valence-electron chi connectivity index (χ0n) is 16.3. The first-order chi connectivity index (χ1) is 13.9. The number of amides is 4. The Morgan fingerprint density at radius 3 is 2.79 bits per heavy atom. The predicted octanol–water partition coefficient (Wildman–Crippen LogP) is 0.792. The molecule has 0 saturated carbocycles. The molecule has 5 rings (SSSR count). The van der Waals surface area contributed by atoms with E-state index in [1.165, 1.54) is 0 Å². The van der Waals surface area contributed by atoms with Gasteiger partial charge in [0, 0.05) is 44.5 Å². The van der Waals surface area contributed by atoms with Gasteiger partial charge in [0.1, 0.15) is 11.8 Å². The fourth-order valence-corrected chi connectivity index (χ4v) is 5.12. The second-order valence-corrected chi connectivity index (χ2v) is 8.38. The molecule has 8 nitrogen and oxygen atoms in total. The van der Waals surface area contributed by atoms with Gasteiger partial charge in [-0.2, -0.15) is 0 Å². The first kappa shape index (κ1) is 18.1. The van der Waals surface area contributed by atoms with Crippen molar-refractivity contribution in [2.45, 2.75) is 44.7 Å². The molecule has 1 aromatic rings. The summed E-state index contributed by atoms with van der Waals surface area (Å²) in [5.74, 6) is 0.506. The third-order valence-electron chi connectivity index (χ3n) is 6.69. The molecule has 4 aliphatic heterocycles. The molecule has 0 radical (unpaired) electrons. The summed E-state index contributed by atoms with van der Waals surface area (Å²) in [7, 11) is 0. The number of benzene rings is 1. The third-order valence-corrected chi connectivity index (χ3v) is 6.69. The van der Waals surface area contributed by atoms with Crippen molar-refractivity contribution in [1.82, 2.24) is 15.1 Å². The average molecular weight is 397 g/mol. The fourth-order valence-electron chi connectivity index (χ4n) is 5.12. The first-order valence-electron chi connectivity index (χ1n) is 10.1. The van der Waals surface area contributed by atoms with Gasteiger partial charge in [-0.25, -0.2) is 0 Å². The van der Waals surface area contributed by atoms with E-state index in [1.54, 1.807) is 11.8 Å². The Morgan fingerprint density at radius 2 is 2.03 bits per heavy atom. The Labute approximate surface area is 168 Å². The van der Waals surface area contributed by atoms with Crippen molar-refractivity contribution in [3.8, 4) is 5.75 Å². The van der Waals surface area contributed by atoms with Crippen LogP contribution in [-0.2, 0) is 20.9 Å². The maximum atomic E-state index is 13.0. The molecule has 3 atom stereocenters. The lowest BCUT2D eigenvalue weighted by Gasteiger charge is -2.41. The lowest BCUT2D eigenvalue weighted by molar-refractivity contribution is -0.137. The molecule has 152 valence electrons. The van der Waals surface area contributed by atoms with Crippen molar-refractivity contribution in [2.24, 2.45) is 5.92 Å². The summed E-state index contributed by atoms with van der Waals surface area (Å²) in [5.41, 5.74) is 2.57. The van der Waals surface area contributed by atoms with Crippen LogP contribution in [0.15, 0.2) is 12.1 Å². The Hall–Kier alpha value is -2.90. The maximum absolute atomic E-state index is 13.0. The van der Waals surface area contributed by atoms with Crippen LogP contribution in [0.5, 0.6) is 5.75 Å². The van der Waals surface area contributed by atoms with Gasteiger partial charge < -0.3 is 14.5 Å². The Balaban J connectivity index is 1.41. The van der Waals surface area contributed by atoms with Crippen LogP contribution in [0.4, 0.5) is 0 Å². The van der Waals surface area contributed by atoms with E-state index in [9.17, 15) is 19.2 Å². The monoisotopic (exact) mass is 397 g/mol. The van der Waals surface area contributed by atoms with Crippen LogP contribution in [0.2, 0.25) is 0 Å². The number of ether oxygens (including phenoxy) is 1. The summed E-state index contributed by atoms with van der Waals surface area (Å²) in [4.78, 5) is 51.8. The molecule has 0 aromatic heterocycles. The largest absolute Gasteiger partial charge is 0.493 e. The second-order valence-electron chi connectivity index (χ2n) is 8.38. The summed E-state index contributed by atoms with van der Waals surface area (Å²) < 4.78 is 5.98. The Kier molecular flexibility index (Phi) is 4.11. The molecule has 4 aliphatic rings. The number of imide groups is 1. The number of fused-ring (bicyclic) bond motifs is 4. The number of nitrogens with one attached hydrogen (secondary N) is 1. The lowest BCUT2D eigenvalue weighted by atomic mass is 9.78. The maximum Gasteiger partial charge on any atom is 0.255 e. The highest BCUT2D eigenvalue weighted by Crippen LogP contribution is 2.44. The Morgan fingerprint density at radius 1 is 1.21 bits per heavy atom. The Bertz CT molecular complexity index is 942. The molecule has 2 fully saturated rings. The van der Waals surface area contributed by atoms with E-state index >= 15 is 0 Å². The molecule has 0 aliphatic carbocycles. The summed E-state index contributed by atoms with van der Waals surface area (Å²) in [6.07, 6.45) is 1.48. The molecule has 4 heterocycles. The van der Waals surface area contributed by atoms with Gasteiger partial charge in [0.2, 0.25) is 17.7 Å². The van der Waals surface area contributed by atoms with Crippen molar-refractivity contribution < 1.29 is 23.9 Å². The van der Waals surface area contributed by atoms with Crippen LogP contribution >= 0.6 is 0 Å². The number of hydrogen-bond acceptors (Lipinski definition) is 5. The van der Waals surface area contributed by atoms with Crippen molar-refractivity contribution in [2.75, 3.05) is 19.7 Å². The molecule has 8 heteroatoms. The van der Waals surface area contributed by atoms with Crippen LogP contribution in [0.25, 0.3) is 0 Å². The summed E-state index contributed by atoms with van der Waals surface area (Å²) in [6, 6.07) is 3.25. The van der Waals surface area contributed by atoms with E-state index in [4.69, 9.17) is 4.74 Å². The highest BCUT2D eigenvalue weighted by Gasteiger charge is 2.42. The van der Waals surface area contributed by atoms with Crippen LogP contribution in [0, 0.1) is 5.92 Å². The van der Waals surface area contributed by atoms with Gasteiger partial charge in [-0.05, 0) is 42.0 Å². The number of nitrogens with zero attached hydrogens (tertiary/aromatic N) is 2. The molecule has 1 aromatic carbocycles. The van der Waals surface area contributed by atoms with E-state index in [0.29, 0.717) is 37.6 Å². The van der Waals surface area contributed by atoms with Crippen molar-refractivity contribution >= 4 is 23.6 Å². The highest BCUT2D eigenvalue weighted by atomic mass is 16.5. The van der Waals surface area contributed by atoms with Crippen molar-refractivity contribution in [3.05, 3.63) is 28.8 Å². The van der Waals surface area contributed by atoms with Gasteiger partial charge >= 0.3 is 0 Å². The minimum atomic E-state index is -0.614. The number of piperidine rings is 2. The normalized spacial score (nSPS) is 28.3. The first-order valence-corrected chi connectivity index (χ1v) is 10.1. The standard InChI is InChI=1S/C21H23N3O5/c1-11(25)23-5-4-14-13(8-23)10-29-18-7-15-12(6-16(14)18)9-24(21(15)28)17-2-3-19(26)22-20(17)27/h6-7,13-14,17H,2-5,8-10H2,1H3,(H,22,26,27)/t13-,14?,17?/m0/s1. The summed E-state index contributed by atoms with van der Waals surface area (Å²) in [5, 5.41) is 2.33. The average Bonchev–Trinajstić information content (AvgIpc) is 3.01. The van der Waals surface area contributed by atoms with Gasteiger partial charge in [-0.15, -0.1) is 0 Å². The summed E-state index contributed by atoms with van der Waals surface area (Å²) >= 11 is 0. The van der Waals surface area contributed by atoms with Gasteiger partial charge in [-0.1, -0.05) is 0 Å². The number of hydrogen-bond donors (Lipinski definition) is 1. The van der Waals surface area contributed by atoms with Crippen LogP contribution in [0.3, 0.4) is 0 Å². The topological polar surface area (TPSA) is 96.0 Å². The molecule has 2 unspecified atom stereocenters. The third kappa shape index (κ3) is 2.89. The van der Waals surface area contributed by atoms with Gasteiger partial charge in [-0.3, -0.25) is 24.5 Å². The van der Waals surface area contributed by atoms with Crippen LogP contribution in [-0.4, -0.2) is 59.2 Å². The molecule has 0 bridgehead atoms. The van der Waals surface area contributed by atoms with Gasteiger partial charge in [0.05, 0.1) is 6.61 Å². The molecule has 4 amide bonds. The van der Waals surface area contributed by atoms with Crippen molar-refractivity contribution in [3.63, 3.8) is 0 Å². The van der Waals surface area contributed by atoms with Crippen LogP contribution < -0.4 is 10.1 Å². The smallest absolute Gasteiger partial charge is 0.255 e. The van der Waals surface area contributed by atoms with E-state index in [0.717, 1.165) is 29.8 Å². The molecule has 0 spiro atoms. The van der Waals surface area contributed by atoms with Gasteiger partial charge in [0.15, 0.2) is 0 Å². The number of carbonyl (C=O) groups excluding carboxylic acids is 4. The minimum Gasteiger partial charge on any atom is -0.493 e. The highest BCUT2D eigenvalue weighted by molar-refractivity contribution is 6.05. The van der Waals surface area contributed by atoms with E-state index < -0.39 is 11.9 Å². The van der Waals surface area contributed by atoms with E-state index in [1.807, 2.05) is 11.0 Å². The number of likely N-dealkylation sites (tertiary alicyclic amines) is 1. The number of carbonyl (C=O) groups is 4. The lowest BCUT2D eigenvalue weighted by Crippen LogP contribution is -2.52. The van der Waals surface area contributed by atoms with Gasteiger partial charge in [0.25, 0.3) is 5.91 Å². The molecular weight excluding hydrogens is 374 g/mol. The van der Waals surface area contributed by atoms with Crippen LogP contribution in [0.1, 0.15) is 53.6 Å². The molecule has 2 saturated heterocycles. The van der Waals surface area contributed by atoms with Crippen molar-refractivity contribution in [1.29, 1.82) is 0 Å². The zero-order valence-corrected chi connectivity index (χ0v) is 16.3. The zero-order chi connectivity index (χ0) is 20.3. The molecular formula is C21H23N3O5. The second kappa shape index (κ2) is 6.57. The SMILES string of the molecule is CC(=O)N1CCC2c3cc4c(cc3OC[C@@H]2C1)C(=O)N(C1CCC(=O)NC1=O)C4. The van der Waals surface area contributed by atoms with E-state index in [-0.39, 0.29) is 30.1 Å². The van der Waals surface area contributed by atoms with E-state index in [2.05, 4.69) is 11.4 Å². The predicted molar refractivity (Wildman–Crippen MR) is 101 cm³/mol. The molecule has 1 N–H and O–H groups in total. The quantitative estimate of drug-likeness (QED) is 0.707. The molecule has 29 heavy (non-hydrogen) atoms. The minimum absolute atomic E-state index is 0.0914. The number of rotatable bonds is 1. The fraction of sp³-hybridized carbons (Fsp3) is 0.524. The summed E-state index contributed by atoms with van der Waals surface area (Å²) in [6.45, 7) is 3.92.